The molecule has 2 heterocycles. The fraction of sp³-hybridized carbons (Fsp3) is 0.556. The molecule has 15 nitrogen and oxygen atoms in total. The Bertz CT molecular complexity index is 5380. The van der Waals surface area contributed by atoms with Gasteiger partial charge in [-0.15, -0.1) is 7.54 Å². The maximum Gasteiger partial charge on any atom is 0.456 e. The maximum absolute atomic E-state index is 15.6. The van der Waals surface area contributed by atoms with E-state index in [0.29, 0.717) is 87.2 Å². The SMILES string of the molecule is Cc1ccc(S(=O)(=O)N=[S@@](C)c2ccc(-c3ccc([C@H]4C[C@@]5(C)C(CC[C@@]5(O)C(F)(F)C(F)(F)F)C5CC[C@@]6(O)CC7(CCC6=C54)OCC(C)(C)CO7)cc3)cc2)cc1.Cc1ccc(S(=O)(=O)N=[S@](C)(=O)c2ccc(-c3ccc([C@H]4C[C@@]5(C)C(CC[C@@]5(O)C(F)(F)C(F)(F)F)C5CC[C@@]6(O)CC7(CCC6=C54)OCC(C)(C)CO7)cc3)cc2)cc1. The minimum atomic E-state index is -5.96. The largest absolute Gasteiger partial charge is 0.456 e. The maximum atomic E-state index is 15.6. The molecule has 0 aromatic heterocycles. The molecule has 8 aliphatic carbocycles. The molecule has 2 aliphatic heterocycles. The molecule has 6 saturated carbocycles. The van der Waals surface area contributed by atoms with E-state index in [1.807, 2.05) is 90.1 Å². The number of alkyl halides is 10. The standard InChI is InChI=1S/C45H52F5NO7S2.C45H52F5NO6S2/c1-28-6-14-33(15-7-28)60(55,56)51-59(5,54)32-16-12-30(13-17-32)29-8-10-31(11-9-29)35-24-40(4)36(20-23-43(40,53)44(46,47)45(48,49)50)34-18-21-41(52)25-42(22-19-37(41)38(34)35)57-26-39(2,3)27-58-42;1-28-6-16-33(17-7-28)59(54,55)51-58(5)32-14-12-30(13-15-32)29-8-10-31(11-9-29)35-24-40(4)36(20-23-43(40,53)44(46,47)45(48,49)50)34-18-21-41(52)25-42(22-19-37(41)38(34)35)56-26-39(2,3)27-57-42/h6-17,34-36,52-53H,18-27H2,1-5H3;6-17,34-36,52-53H,18-27H2,1-5H3/t34?,35-,36?,40+,41-,43+,59-;34?,35-,36?,40+,41-,43+,58+/m11/s1. The monoisotopic (exact) mass is 1740 g/mol. The molecule has 0 amide bonds. The lowest BCUT2D eigenvalue weighted by Crippen LogP contribution is -2.65. The van der Waals surface area contributed by atoms with Crippen LogP contribution in [0.2, 0.25) is 0 Å². The summed E-state index contributed by atoms with van der Waals surface area (Å²) in [5.41, 5.74) is -3.81. The smallest absolute Gasteiger partial charge is 0.385 e. The number of benzene rings is 6. The van der Waals surface area contributed by atoms with Gasteiger partial charge in [0.2, 0.25) is 0 Å². The number of aliphatic hydroxyl groups is 4. The van der Waals surface area contributed by atoms with E-state index in [2.05, 4.69) is 7.54 Å². The van der Waals surface area contributed by atoms with Crippen molar-refractivity contribution < 1.29 is 104 Å². The van der Waals surface area contributed by atoms with Crippen LogP contribution < -0.4 is 0 Å². The summed E-state index contributed by atoms with van der Waals surface area (Å²) in [5.74, 6) is -16.2. The zero-order chi connectivity index (χ0) is 86.1. The number of sulfonamides is 2. The van der Waals surface area contributed by atoms with Crippen LogP contribution in [-0.2, 0) is 59.4 Å². The van der Waals surface area contributed by atoms with Crippen LogP contribution in [0, 0.1) is 59.2 Å². The third-order valence-electron chi connectivity index (χ3n) is 28.7. The average Bonchev–Trinajstić information content (AvgIpc) is 1.52. The molecule has 14 atom stereocenters. The van der Waals surface area contributed by atoms with E-state index >= 15 is 17.6 Å². The minimum Gasteiger partial charge on any atom is -0.385 e. The highest BCUT2D eigenvalue weighted by molar-refractivity contribution is 8.03. The number of allylic oxidation sites excluding steroid dienone is 2. The number of hydrogen-bond donors (Lipinski definition) is 4. The normalized spacial score (nSPS) is 32.4. The van der Waals surface area contributed by atoms with Gasteiger partial charge in [-0.2, -0.15) is 60.7 Å². The van der Waals surface area contributed by atoms with Crippen molar-refractivity contribution in [3.05, 3.63) is 190 Å². The van der Waals surface area contributed by atoms with E-state index in [9.17, 15) is 67.8 Å². The van der Waals surface area contributed by atoms with Crippen molar-refractivity contribution in [3.8, 4) is 22.3 Å². The Kier molecular flexibility index (Phi) is 21.9. The van der Waals surface area contributed by atoms with Crippen LogP contribution in [0.5, 0.6) is 0 Å². The summed E-state index contributed by atoms with van der Waals surface area (Å²) in [4.78, 5) is 0.975. The molecule has 119 heavy (non-hydrogen) atoms. The number of aryl methyl sites for hydroxylation is 2. The van der Waals surface area contributed by atoms with Crippen molar-refractivity contribution in [2.24, 2.45) is 52.9 Å². The minimum absolute atomic E-state index is 0.00971. The van der Waals surface area contributed by atoms with Gasteiger partial charge in [-0.1, -0.05) is 172 Å². The average molecular weight is 1740 g/mol. The molecular formula is C90H104F10N2O13S4. The van der Waals surface area contributed by atoms with E-state index in [0.717, 1.165) is 49.4 Å². The van der Waals surface area contributed by atoms with Gasteiger partial charge in [0.25, 0.3) is 20.0 Å². The van der Waals surface area contributed by atoms with Crippen molar-refractivity contribution in [1.29, 1.82) is 0 Å². The lowest BCUT2D eigenvalue weighted by Gasteiger charge is -2.59. The van der Waals surface area contributed by atoms with Crippen LogP contribution in [-0.4, -0.2) is 139 Å². The molecule has 6 aromatic carbocycles. The second-order valence-electron chi connectivity index (χ2n) is 37.7. The van der Waals surface area contributed by atoms with Crippen molar-refractivity contribution in [1.82, 2.24) is 0 Å². The van der Waals surface area contributed by atoms with Crippen LogP contribution in [0.3, 0.4) is 0 Å². The van der Waals surface area contributed by atoms with Gasteiger partial charge in [-0.25, -0.2) is 4.21 Å². The third kappa shape index (κ3) is 15.1. The van der Waals surface area contributed by atoms with Gasteiger partial charge in [0.05, 0.1) is 57.1 Å². The summed E-state index contributed by atoms with van der Waals surface area (Å²) in [6.07, 6.45) is -7.28. The third-order valence-corrected chi connectivity index (χ3v) is 36.1. The summed E-state index contributed by atoms with van der Waals surface area (Å²) in [6.45, 7) is 16.5. The van der Waals surface area contributed by atoms with Gasteiger partial charge in [-0.05, 0) is 214 Å². The molecule has 8 fully saturated rings. The molecule has 2 spiro atoms. The van der Waals surface area contributed by atoms with E-state index in [1.54, 1.807) is 79.1 Å². The first-order chi connectivity index (χ1) is 55.2. The molecular weight excluding hydrogens is 1640 g/mol. The number of nitrogens with zero attached hydrogens (tertiary/aromatic N) is 2. The van der Waals surface area contributed by atoms with Gasteiger partial charge in [0, 0.05) is 75.2 Å². The summed E-state index contributed by atoms with van der Waals surface area (Å²) < 4.78 is 246. The molecule has 2 saturated heterocycles. The van der Waals surface area contributed by atoms with E-state index in [-0.39, 0.29) is 76.9 Å². The van der Waals surface area contributed by atoms with Crippen LogP contribution in [0.1, 0.15) is 178 Å². The molecule has 0 bridgehead atoms. The second kappa shape index (κ2) is 29.7. The van der Waals surface area contributed by atoms with Gasteiger partial charge in [0.15, 0.2) is 11.6 Å². The zero-order valence-electron chi connectivity index (χ0n) is 68.2. The van der Waals surface area contributed by atoms with E-state index < -0.39 is 158 Å². The van der Waals surface area contributed by atoms with Crippen molar-refractivity contribution in [2.45, 2.75) is 248 Å². The van der Waals surface area contributed by atoms with Crippen molar-refractivity contribution in [2.75, 3.05) is 38.9 Å². The highest BCUT2D eigenvalue weighted by Crippen LogP contribution is 2.74. The Morgan fingerprint density at radius 3 is 1.11 bits per heavy atom. The molecule has 16 rings (SSSR count). The molecule has 4 N–H and O–H groups in total. The Morgan fingerprint density at radius 2 is 0.756 bits per heavy atom. The fourth-order valence-corrected chi connectivity index (χ4v) is 28.3. The van der Waals surface area contributed by atoms with Crippen LogP contribution in [0.15, 0.2) is 195 Å². The van der Waals surface area contributed by atoms with Crippen LogP contribution in [0.4, 0.5) is 43.9 Å². The van der Waals surface area contributed by atoms with Crippen molar-refractivity contribution in [3.63, 3.8) is 0 Å². The molecule has 6 aromatic rings. The predicted octanol–water partition coefficient (Wildman–Crippen LogP) is 19.8. The van der Waals surface area contributed by atoms with Gasteiger partial charge >= 0.3 is 24.2 Å². The number of ether oxygens (including phenoxy) is 4. The van der Waals surface area contributed by atoms with Gasteiger partial charge < -0.3 is 39.4 Å². The fourth-order valence-electron chi connectivity index (χ4n) is 22.1. The predicted molar refractivity (Wildman–Crippen MR) is 431 cm³/mol. The first-order valence-corrected chi connectivity index (χ1v) is 47.1. The number of halogens is 10. The highest BCUT2D eigenvalue weighted by Gasteiger charge is 2.81. The molecule has 29 heteroatoms. The molecule has 4 unspecified atom stereocenters. The quantitative estimate of drug-likeness (QED) is 0.0661. The summed E-state index contributed by atoms with van der Waals surface area (Å²) in [6, 6.07) is 41.1. The lowest BCUT2D eigenvalue weighted by molar-refractivity contribution is -0.362. The van der Waals surface area contributed by atoms with E-state index in [4.69, 9.17) is 18.9 Å². The Balaban J connectivity index is 0.000000186. The summed E-state index contributed by atoms with van der Waals surface area (Å²) >= 11 is 0. The molecule has 0 radical (unpaired) electrons. The first kappa shape index (κ1) is 87.7. The molecule has 10 aliphatic rings. The highest BCUT2D eigenvalue weighted by atomic mass is 32.3. The number of fused-ring (bicyclic) bond motifs is 8. The Morgan fingerprint density at radius 1 is 0.429 bits per heavy atom. The lowest BCUT2D eigenvalue weighted by atomic mass is 9.49. The number of rotatable bonds is 12. The Labute approximate surface area is 692 Å². The zero-order valence-corrected chi connectivity index (χ0v) is 71.5. The molecule has 646 valence electrons. The van der Waals surface area contributed by atoms with Gasteiger partial charge in [0.1, 0.15) is 11.2 Å². The first-order valence-electron chi connectivity index (χ1n) is 40.7. The van der Waals surface area contributed by atoms with E-state index in [1.165, 1.54) is 44.4 Å². The second-order valence-corrected chi connectivity index (χ2v) is 45.2. The van der Waals surface area contributed by atoms with Crippen LogP contribution >= 0.6 is 0 Å². The summed E-state index contributed by atoms with van der Waals surface area (Å²) in [7, 11) is -12.4. The number of hydrogen-bond acceptors (Lipinski definition) is 13. The van der Waals surface area contributed by atoms with Gasteiger partial charge in [-0.3, -0.25) is 0 Å². The Hall–Kier alpha value is -6.22. The topological polar surface area (TPSA) is 228 Å². The summed E-state index contributed by atoms with van der Waals surface area (Å²) in [5, 5.41) is 48.4. The van der Waals surface area contributed by atoms with Crippen molar-refractivity contribution >= 4 is 40.5 Å². The van der Waals surface area contributed by atoms with Crippen LogP contribution in [0.25, 0.3) is 22.3 Å².